The van der Waals surface area contributed by atoms with Crippen molar-refractivity contribution < 1.29 is 4.74 Å². The summed E-state index contributed by atoms with van der Waals surface area (Å²) in [5.41, 5.74) is 8.98. The van der Waals surface area contributed by atoms with Crippen LogP contribution < -0.4 is 15.8 Å². The Balaban J connectivity index is 1.96. The van der Waals surface area contributed by atoms with Gasteiger partial charge in [-0.15, -0.1) is 0 Å². The molecule has 1 saturated carbocycles. The minimum Gasteiger partial charge on any atom is -0.494 e. The van der Waals surface area contributed by atoms with E-state index in [9.17, 15) is 0 Å². The molecular formula is C17H24N4O. The predicted octanol–water partition coefficient (Wildman–Crippen LogP) is 2.91. The van der Waals surface area contributed by atoms with Crippen LogP contribution in [0.4, 0.5) is 5.69 Å². The molecule has 0 amide bonds. The van der Waals surface area contributed by atoms with Crippen LogP contribution in [0.25, 0.3) is 5.69 Å². The summed E-state index contributed by atoms with van der Waals surface area (Å²) in [6.45, 7) is 1.58. The molecule has 0 radical (unpaired) electrons. The average molecular weight is 300 g/mol. The SMILES string of the molecule is COc1ccccc1-n1ncc(NCCCN)c1C1CCC1. The van der Waals surface area contributed by atoms with Crippen LogP contribution in [0.15, 0.2) is 30.5 Å². The molecule has 1 heterocycles. The number of methoxy groups -OCH3 is 1. The number of nitrogens with two attached hydrogens (primary N) is 1. The van der Waals surface area contributed by atoms with Gasteiger partial charge < -0.3 is 15.8 Å². The Bertz CT molecular complexity index is 619. The Labute approximate surface area is 131 Å². The highest BCUT2D eigenvalue weighted by molar-refractivity contribution is 5.55. The van der Waals surface area contributed by atoms with E-state index in [4.69, 9.17) is 10.5 Å². The summed E-state index contributed by atoms with van der Waals surface area (Å²) in [6, 6.07) is 8.03. The van der Waals surface area contributed by atoms with Crippen molar-refractivity contribution in [1.82, 2.24) is 9.78 Å². The van der Waals surface area contributed by atoms with Crippen LogP contribution in [0, 0.1) is 0 Å². The van der Waals surface area contributed by atoms with Gasteiger partial charge >= 0.3 is 0 Å². The van der Waals surface area contributed by atoms with Gasteiger partial charge in [0.1, 0.15) is 11.4 Å². The summed E-state index contributed by atoms with van der Waals surface area (Å²) in [6.07, 6.45) is 6.64. The van der Waals surface area contributed by atoms with E-state index in [0.717, 1.165) is 30.1 Å². The standard InChI is InChI=1S/C17H24N4O/c1-22-16-9-3-2-8-15(16)21-17(13-6-4-7-13)14(12-20-21)19-11-5-10-18/h2-3,8-9,12-13,19H,4-7,10-11,18H2,1H3. The second-order valence-corrected chi connectivity index (χ2v) is 5.72. The fraction of sp³-hybridized carbons (Fsp3) is 0.471. The summed E-state index contributed by atoms with van der Waals surface area (Å²) >= 11 is 0. The maximum absolute atomic E-state index is 5.58. The van der Waals surface area contributed by atoms with Crippen molar-refractivity contribution in [3.63, 3.8) is 0 Å². The van der Waals surface area contributed by atoms with E-state index in [1.807, 2.05) is 29.1 Å². The highest BCUT2D eigenvalue weighted by atomic mass is 16.5. The molecule has 0 aliphatic heterocycles. The molecule has 5 heteroatoms. The molecule has 5 nitrogen and oxygen atoms in total. The summed E-state index contributed by atoms with van der Waals surface area (Å²) in [5.74, 6) is 1.42. The van der Waals surface area contributed by atoms with Crippen molar-refractivity contribution in [2.45, 2.75) is 31.6 Å². The van der Waals surface area contributed by atoms with Gasteiger partial charge in [-0.05, 0) is 37.9 Å². The minimum absolute atomic E-state index is 0.577. The number of benzene rings is 1. The Hall–Kier alpha value is -2.01. The van der Waals surface area contributed by atoms with Gasteiger partial charge in [0.05, 0.1) is 24.7 Å². The predicted molar refractivity (Wildman–Crippen MR) is 88.9 cm³/mol. The lowest BCUT2D eigenvalue weighted by Gasteiger charge is -2.28. The third-order valence-corrected chi connectivity index (χ3v) is 4.31. The van der Waals surface area contributed by atoms with E-state index in [2.05, 4.69) is 16.5 Å². The third kappa shape index (κ3) is 2.81. The Morgan fingerprint density at radius 1 is 1.36 bits per heavy atom. The molecule has 0 unspecified atom stereocenters. The summed E-state index contributed by atoms with van der Waals surface area (Å²) in [4.78, 5) is 0. The number of nitrogens with one attached hydrogen (secondary N) is 1. The number of para-hydroxylation sites is 2. The van der Waals surface area contributed by atoms with Crippen molar-refractivity contribution in [3.8, 4) is 11.4 Å². The first-order chi connectivity index (χ1) is 10.8. The van der Waals surface area contributed by atoms with Gasteiger partial charge in [-0.3, -0.25) is 0 Å². The smallest absolute Gasteiger partial charge is 0.144 e. The van der Waals surface area contributed by atoms with Gasteiger partial charge in [-0.25, -0.2) is 4.68 Å². The number of ether oxygens (including phenoxy) is 1. The van der Waals surface area contributed by atoms with Crippen LogP contribution in [-0.4, -0.2) is 30.0 Å². The zero-order valence-corrected chi connectivity index (χ0v) is 13.1. The first kappa shape index (κ1) is 14.9. The van der Waals surface area contributed by atoms with Crippen LogP contribution in [0.3, 0.4) is 0 Å². The molecule has 1 aromatic carbocycles. The van der Waals surface area contributed by atoms with Gasteiger partial charge in [0.15, 0.2) is 0 Å². The number of anilines is 1. The van der Waals surface area contributed by atoms with Crippen LogP contribution in [0.5, 0.6) is 5.75 Å². The van der Waals surface area contributed by atoms with Gasteiger partial charge in [0.25, 0.3) is 0 Å². The first-order valence-corrected chi connectivity index (χ1v) is 8.00. The largest absolute Gasteiger partial charge is 0.494 e. The molecule has 3 rings (SSSR count). The lowest BCUT2D eigenvalue weighted by atomic mass is 9.82. The number of hydrogen-bond acceptors (Lipinski definition) is 4. The molecule has 118 valence electrons. The molecule has 3 N–H and O–H groups in total. The fourth-order valence-electron chi connectivity index (χ4n) is 2.89. The van der Waals surface area contributed by atoms with Gasteiger partial charge in [-0.1, -0.05) is 18.6 Å². The number of hydrogen-bond donors (Lipinski definition) is 2. The molecule has 0 saturated heterocycles. The highest BCUT2D eigenvalue weighted by Gasteiger charge is 2.27. The van der Waals surface area contributed by atoms with Gasteiger partial charge in [-0.2, -0.15) is 5.10 Å². The first-order valence-electron chi connectivity index (χ1n) is 8.00. The van der Waals surface area contributed by atoms with Crippen LogP contribution in [0.1, 0.15) is 37.3 Å². The Morgan fingerprint density at radius 3 is 2.86 bits per heavy atom. The molecule has 0 atom stereocenters. The minimum atomic E-state index is 0.577. The summed E-state index contributed by atoms with van der Waals surface area (Å²) < 4.78 is 7.53. The van der Waals surface area contributed by atoms with E-state index in [0.29, 0.717) is 12.5 Å². The van der Waals surface area contributed by atoms with Crippen molar-refractivity contribution in [1.29, 1.82) is 0 Å². The van der Waals surface area contributed by atoms with Crippen molar-refractivity contribution in [2.24, 2.45) is 5.73 Å². The Kier molecular flexibility index (Phi) is 4.63. The van der Waals surface area contributed by atoms with Crippen molar-refractivity contribution >= 4 is 5.69 Å². The van der Waals surface area contributed by atoms with E-state index in [1.165, 1.54) is 25.0 Å². The average Bonchev–Trinajstić information content (AvgIpc) is 2.89. The van der Waals surface area contributed by atoms with Gasteiger partial charge in [0, 0.05) is 12.5 Å². The normalized spacial score (nSPS) is 14.6. The summed E-state index contributed by atoms with van der Waals surface area (Å²) in [7, 11) is 1.70. The molecule has 22 heavy (non-hydrogen) atoms. The van der Waals surface area contributed by atoms with Crippen molar-refractivity contribution in [3.05, 3.63) is 36.2 Å². The van der Waals surface area contributed by atoms with E-state index in [1.54, 1.807) is 7.11 Å². The molecule has 2 aromatic rings. The topological polar surface area (TPSA) is 65.1 Å². The van der Waals surface area contributed by atoms with E-state index < -0.39 is 0 Å². The number of aromatic nitrogens is 2. The monoisotopic (exact) mass is 300 g/mol. The molecule has 1 aliphatic rings. The maximum Gasteiger partial charge on any atom is 0.144 e. The zero-order valence-electron chi connectivity index (χ0n) is 13.1. The number of nitrogens with zero attached hydrogens (tertiary/aromatic N) is 2. The second-order valence-electron chi connectivity index (χ2n) is 5.72. The molecule has 1 aliphatic carbocycles. The number of rotatable bonds is 7. The summed E-state index contributed by atoms with van der Waals surface area (Å²) in [5, 5.41) is 8.11. The molecule has 1 fully saturated rings. The fourth-order valence-corrected chi connectivity index (χ4v) is 2.89. The zero-order chi connectivity index (χ0) is 15.4. The molecule has 1 aromatic heterocycles. The maximum atomic E-state index is 5.58. The second kappa shape index (κ2) is 6.83. The van der Waals surface area contributed by atoms with Crippen LogP contribution >= 0.6 is 0 Å². The van der Waals surface area contributed by atoms with E-state index in [-0.39, 0.29) is 0 Å². The molecule has 0 bridgehead atoms. The molecular weight excluding hydrogens is 276 g/mol. The van der Waals surface area contributed by atoms with Crippen LogP contribution in [0.2, 0.25) is 0 Å². The van der Waals surface area contributed by atoms with E-state index >= 15 is 0 Å². The highest BCUT2D eigenvalue weighted by Crippen LogP contribution is 2.41. The Morgan fingerprint density at radius 2 is 2.18 bits per heavy atom. The quantitative estimate of drug-likeness (QED) is 0.772. The lowest BCUT2D eigenvalue weighted by molar-refractivity contribution is 0.395. The molecule has 0 spiro atoms. The third-order valence-electron chi connectivity index (χ3n) is 4.31. The lowest BCUT2D eigenvalue weighted by Crippen LogP contribution is -2.17. The van der Waals surface area contributed by atoms with Crippen LogP contribution in [-0.2, 0) is 0 Å². The van der Waals surface area contributed by atoms with Crippen molar-refractivity contribution in [2.75, 3.05) is 25.5 Å². The van der Waals surface area contributed by atoms with Gasteiger partial charge in [0.2, 0.25) is 0 Å².